The Morgan fingerprint density at radius 3 is 2.68 bits per heavy atom. The molecule has 5 nitrogen and oxygen atoms in total. The second-order valence-electron chi connectivity index (χ2n) is 8.01. The van der Waals surface area contributed by atoms with Crippen LogP contribution in [0.1, 0.15) is 30.4 Å². The van der Waals surface area contributed by atoms with Gasteiger partial charge in [-0.15, -0.1) is 0 Å². The molecular formula is C23H29N5. The number of rotatable bonds is 7. The van der Waals surface area contributed by atoms with Crippen LogP contribution in [0.3, 0.4) is 0 Å². The maximum absolute atomic E-state index is 9.27. The third-order valence-corrected chi connectivity index (χ3v) is 6.16. The van der Waals surface area contributed by atoms with Crippen LogP contribution in [0.2, 0.25) is 0 Å². The molecule has 2 heterocycles. The molecule has 28 heavy (non-hydrogen) atoms. The van der Waals surface area contributed by atoms with Gasteiger partial charge < -0.3 is 10.2 Å². The lowest BCUT2D eigenvalue weighted by molar-refractivity contribution is 0.187. The number of benzene rings is 1. The van der Waals surface area contributed by atoms with Gasteiger partial charge >= 0.3 is 0 Å². The van der Waals surface area contributed by atoms with Crippen molar-refractivity contribution < 1.29 is 0 Å². The first kappa shape index (κ1) is 18.9. The lowest BCUT2D eigenvalue weighted by Gasteiger charge is -2.31. The fourth-order valence-corrected chi connectivity index (χ4v) is 4.23. The number of nitrogens with zero attached hydrogens (tertiary/aromatic N) is 4. The van der Waals surface area contributed by atoms with Gasteiger partial charge in [0.15, 0.2) is 0 Å². The molecule has 0 unspecified atom stereocenters. The highest BCUT2D eigenvalue weighted by Crippen LogP contribution is 2.42. The largest absolute Gasteiger partial charge is 0.367 e. The second kappa shape index (κ2) is 8.72. The zero-order valence-corrected chi connectivity index (χ0v) is 16.5. The summed E-state index contributed by atoms with van der Waals surface area (Å²) in [6, 6.07) is 16.7. The highest BCUT2D eigenvalue weighted by Gasteiger charge is 2.47. The van der Waals surface area contributed by atoms with E-state index in [1.807, 2.05) is 12.1 Å². The molecule has 5 heteroatoms. The smallest absolute Gasteiger partial charge is 0.143 e. The van der Waals surface area contributed by atoms with E-state index in [1.54, 1.807) is 6.20 Å². The minimum Gasteiger partial charge on any atom is -0.367 e. The van der Waals surface area contributed by atoms with E-state index in [0.717, 1.165) is 45.0 Å². The molecule has 1 saturated heterocycles. The highest BCUT2D eigenvalue weighted by molar-refractivity contribution is 5.51. The molecule has 0 amide bonds. The van der Waals surface area contributed by atoms with Gasteiger partial charge in [0.2, 0.25) is 0 Å². The Morgan fingerprint density at radius 1 is 1.04 bits per heavy atom. The number of aromatic nitrogens is 1. The quantitative estimate of drug-likeness (QED) is 0.806. The van der Waals surface area contributed by atoms with Crippen LogP contribution < -0.4 is 5.32 Å². The Balaban J connectivity index is 1.29. The number of hydrogen-bond acceptors (Lipinski definition) is 5. The maximum Gasteiger partial charge on any atom is 0.143 e. The normalized spacial score (nSPS) is 19.5. The monoisotopic (exact) mass is 375 g/mol. The highest BCUT2D eigenvalue weighted by atomic mass is 15.3. The summed E-state index contributed by atoms with van der Waals surface area (Å²) < 4.78 is 0. The molecule has 1 aromatic carbocycles. The minimum absolute atomic E-state index is 0.250. The molecule has 1 N–H and O–H groups in total. The van der Waals surface area contributed by atoms with E-state index in [1.165, 1.54) is 31.4 Å². The van der Waals surface area contributed by atoms with Crippen LogP contribution in [0.4, 0.5) is 5.82 Å². The first-order valence-corrected chi connectivity index (χ1v) is 10.4. The summed E-state index contributed by atoms with van der Waals surface area (Å²) in [5, 5.41) is 12.7. The third-order valence-electron chi connectivity index (χ3n) is 6.16. The molecule has 146 valence electrons. The summed E-state index contributed by atoms with van der Waals surface area (Å²) in [5.74, 6) is 0.718. The van der Waals surface area contributed by atoms with Gasteiger partial charge in [0.25, 0.3) is 0 Å². The van der Waals surface area contributed by atoms with E-state index in [2.05, 4.69) is 56.5 Å². The van der Waals surface area contributed by atoms with Crippen molar-refractivity contribution >= 4 is 5.82 Å². The fraction of sp³-hybridized carbons (Fsp3) is 0.478. The Bertz CT molecular complexity index is 809. The van der Waals surface area contributed by atoms with E-state index < -0.39 is 0 Å². The predicted octanol–water partition coefficient (Wildman–Crippen LogP) is 3.15. The lowest BCUT2D eigenvalue weighted by Crippen LogP contribution is -2.44. The number of anilines is 1. The summed E-state index contributed by atoms with van der Waals surface area (Å²) in [6.45, 7) is 6.64. The van der Waals surface area contributed by atoms with Crippen LogP contribution in [-0.4, -0.2) is 59.6 Å². The molecule has 2 fully saturated rings. The molecule has 1 aliphatic heterocycles. The van der Waals surface area contributed by atoms with Crippen molar-refractivity contribution in [3.63, 3.8) is 0 Å². The Hall–Kier alpha value is -2.42. The van der Waals surface area contributed by atoms with Crippen LogP contribution in [-0.2, 0) is 6.42 Å². The number of nitrogens with one attached hydrogen (secondary N) is 1. The van der Waals surface area contributed by atoms with E-state index >= 15 is 0 Å². The zero-order chi connectivity index (χ0) is 19.2. The molecule has 4 rings (SSSR count). The van der Waals surface area contributed by atoms with Gasteiger partial charge in [-0.3, -0.25) is 4.90 Å². The zero-order valence-electron chi connectivity index (χ0n) is 16.5. The summed E-state index contributed by atoms with van der Waals surface area (Å²) in [7, 11) is 0. The second-order valence-corrected chi connectivity index (χ2v) is 8.01. The molecular weight excluding hydrogens is 346 g/mol. The molecule has 2 aromatic rings. The average molecular weight is 376 g/mol. The van der Waals surface area contributed by atoms with Crippen molar-refractivity contribution in [2.75, 3.05) is 44.6 Å². The van der Waals surface area contributed by atoms with Crippen molar-refractivity contribution in [2.24, 2.45) is 0 Å². The first-order valence-electron chi connectivity index (χ1n) is 10.4. The van der Waals surface area contributed by atoms with Crippen LogP contribution >= 0.6 is 0 Å². The van der Waals surface area contributed by atoms with Gasteiger partial charge in [0.05, 0.1) is 5.56 Å². The van der Waals surface area contributed by atoms with Gasteiger partial charge in [0, 0.05) is 44.5 Å². The number of pyridine rings is 1. The summed E-state index contributed by atoms with van der Waals surface area (Å²) in [4.78, 5) is 9.64. The van der Waals surface area contributed by atoms with E-state index in [4.69, 9.17) is 0 Å². The lowest BCUT2D eigenvalue weighted by atomic mass is 10.1. The van der Waals surface area contributed by atoms with Crippen LogP contribution in [0.15, 0.2) is 48.7 Å². The standard InChI is InChI=1S/C23H29N5/c24-18-21-8-4-12-25-22(21)26-19-23(10-11-23)28-14-5-13-27(16-17-28)15-9-20-6-2-1-3-7-20/h1-4,6-8,12H,5,9-11,13-17,19H2,(H,25,26). The maximum atomic E-state index is 9.27. The Kier molecular flexibility index (Phi) is 5.90. The minimum atomic E-state index is 0.250. The van der Waals surface area contributed by atoms with Crippen molar-refractivity contribution in [3.8, 4) is 6.07 Å². The SMILES string of the molecule is N#Cc1cccnc1NCC1(N2CCCN(CCc3ccccc3)CC2)CC1. The molecule has 1 aliphatic carbocycles. The van der Waals surface area contributed by atoms with Crippen LogP contribution in [0.25, 0.3) is 0 Å². The van der Waals surface area contributed by atoms with Crippen molar-refractivity contribution in [1.82, 2.24) is 14.8 Å². The summed E-state index contributed by atoms with van der Waals surface area (Å²) in [5.41, 5.74) is 2.30. The van der Waals surface area contributed by atoms with Crippen molar-refractivity contribution in [2.45, 2.75) is 31.2 Å². The molecule has 0 atom stereocenters. The van der Waals surface area contributed by atoms with Gasteiger partial charge in [-0.05, 0) is 49.9 Å². The molecule has 0 radical (unpaired) electrons. The van der Waals surface area contributed by atoms with E-state index in [0.29, 0.717) is 5.56 Å². The van der Waals surface area contributed by atoms with Gasteiger partial charge in [0.1, 0.15) is 11.9 Å². The number of hydrogen-bond donors (Lipinski definition) is 1. The molecule has 2 aliphatic rings. The van der Waals surface area contributed by atoms with Gasteiger partial charge in [-0.25, -0.2) is 4.98 Å². The third kappa shape index (κ3) is 4.52. The van der Waals surface area contributed by atoms with Gasteiger partial charge in [-0.2, -0.15) is 5.26 Å². The summed E-state index contributed by atoms with van der Waals surface area (Å²) >= 11 is 0. The van der Waals surface area contributed by atoms with Crippen LogP contribution in [0.5, 0.6) is 0 Å². The first-order chi connectivity index (χ1) is 13.8. The predicted molar refractivity (Wildman–Crippen MR) is 112 cm³/mol. The van der Waals surface area contributed by atoms with Crippen LogP contribution in [0, 0.1) is 11.3 Å². The van der Waals surface area contributed by atoms with Gasteiger partial charge in [-0.1, -0.05) is 30.3 Å². The topological polar surface area (TPSA) is 55.2 Å². The Labute approximate surface area is 168 Å². The Morgan fingerprint density at radius 2 is 1.89 bits per heavy atom. The van der Waals surface area contributed by atoms with Crippen molar-refractivity contribution in [3.05, 3.63) is 59.8 Å². The number of nitriles is 1. The average Bonchev–Trinajstić information content (AvgIpc) is 3.56. The van der Waals surface area contributed by atoms with E-state index in [9.17, 15) is 5.26 Å². The molecule has 1 aromatic heterocycles. The molecule has 0 bridgehead atoms. The fourth-order valence-electron chi connectivity index (χ4n) is 4.23. The molecule has 1 saturated carbocycles. The molecule has 0 spiro atoms. The van der Waals surface area contributed by atoms with E-state index in [-0.39, 0.29) is 5.54 Å². The summed E-state index contributed by atoms with van der Waals surface area (Å²) in [6.07, 6.45) is 6.57. The van der Waals surface area contributed by atoms with Crippen molar-refractivity contribution in [1.29, 1.82) is 5.26 Å².